The van der Waals surface area contributed by atoms with Crippen molar-refractivity contribution < 1.29 is 13.6 Å². The maximum Gasteiger partial charge on any atom is 0.261 e. The van der Waals surface area contributed by atoms with Crippen LogP contribution in [-0.2, 0) is 7.05 Å². The molecule has 0 spiro atoms. The van der Waals surface area contributed by atoms with Crippen molar-refractivity contribution in [2.24, 2.45) is 7.05 Å². The van der Waals surface area contributed by atoms with Crippen molar-refractivity contribution in [2.75, 3.05) is 5.32 Å². The Kier molecular flexibility index (Phi) is 3.65. The van der Waals surface area contributed by atoms with E-state index in [2.05, 4.69) is 5.32 Å². The highest BCUT2D eigenvalue weighted by Gasteiger charge is 2.16. The minimum absolute atomic E-state index is 0.116. The minimum atomic E-state index is -0.636. The first-order valence-corrected chi connectivity index (χ1v) is 6.82. The van der Waals surface area contributed by atoms with E-state index in [1.165, 1.54) is 53.2 Å². The molecule has 0 atom stereocenters. The zero-order chi connectivity index (χ0) is 16.6. The first-order chi connectivity index (χ1) is 11.0. The quantitative estimate of drug-likeness (QED) is 0.790. The first kappa shape index (κ1) is 14.9. The molecule has 1 heterocycles. The second-order valence-electron chi connectivity index (χ2n) is 5.08. The van der Waals surface area contributed by atoms with Gasteiger partial charge in [0.2, 0.25) is 5.43 Å². The van der Waals surface area contributed by atoms with E-state index in [9.17, 15) is 18.4 Å². The van der Waals surface area contributed by atoms with Gasteiger partial charge in [-0.15, -0.1) is 0 Å². The van der Waals surface area contributed by atoms with Gasteiger partial charge in [0.25, 0.3) is 5.91 Å². The highest BCUT2D eigenvalue weighted by Crippen LogP contribution is 2.16. The fourth-order valence-electron chi connectivity index (χ4n) is 2.41. The predicted octanol–water partition coefficient (Wildman–Crippen LogP) is 3.07. The molecule has 2 aromatic carbocycles. The van der Waals surface area contributed by atoms with Crippen LogP contribution in [0.3, 0.4) is 0 Å². The largest absolute Gasteiger partial charge is 0.347 e. The molecule has 0 aliphatic carbocycles. The van der Waals surface area contributed by atoms with Gasteiger partial charge in [-0.25, -0.2) is 8.78 Å². The summed E-state index contributed by atoms with van der Waals surface area (Å²) in [4.78, 5) is 24.7. The van der Waals surface area contributed by atoms with Crippen LogP contribution in [0.5, 0.6) is 0 Å². The number of carbonyl (C=O) groups excluding carboxylic acids is 1. The molecule has 3 rings (SSSR count). The highest BCUT2D eigenvalue weighted by molar-refractivity contribution is 6.05. The molecule has 23 heavy (non-hydrogen) atoms. The summed E-state index contributed by atoms with van der Waals surface area (Å²) < 4.78 is 28.1. The topological polar surface area (TPSA) is 51.1 Å². The molecule has 3 aromatic rings. The van der Waals surface area contributed by atoms with E-state index >= 15 is 0 Å². The lowest BCUT2D eigenvalue weighted by Gasteiger charge is -2.10. The van der Waals surface area contributed by atoms with Gasteiger partial charge in [0.1, 0.15) is 17.2 Å². The van der Waals surface area contributed by atoms with Gasteiger partial charge < -0.3 is 9.88 Å². The smallest absolute Gasteiger partial charge is 0.261 e. The molecule has 0 aliphatic rings. The summed E-state index contributed by atoms with van der Waals surface area (Å²) in [6, 6.07) is 9.31. The lowest BCUT2D eigenvalue weighted by molar-refractivity contribution is 0.102. The van der Waals surface area contributed by atoms with Gasteiger partial charge in [0.15, 0.2) is 0 Å². The molecule has 4 nitrogen and oxygen atoms in total. The Hall–Kier alpha value is -3.02. The molecule has 0 aliphatic heterocycles. The van der Waals surface area contributed by atoms with Gasteiger partial charge in [-0.05, 0) is 36.4 Å². The average Bonchev–Trinajstić information content (AvgIpc) is 2.52. The molecule has 0 radical (unpaired) electrons. The Morgan fingerprint density at radius 1 is 1.09 bits per heavy atom. The molecule has 0 bridgehead atoms. The molecule has 0 unspecified atom stereocenters. The number of hydrogen-bond donors (Lipinski definition) is 1. The van der Waals surface area contributed by atoms with Crippen LogP contribution < -0.4 is 10.7 Å². The van der Waals surface area contributed by atoms with Gasteiger partial charge in [0.05, 0.1) is 5.52 Å². The zero-order valence-corrected chi connectivity index (χ0v) is 12.1. The summed E-state index contributed by atoms with van der Waals surface area (Å²) in [5.41, 5.74) is -0.180. The van der Waals surface area contributed by atoms with Crippen LogP contribution in [0.25, 0.3) is 10.9 Å². The Morgan fingerprint density at radius 3 is 2.48 bits per heavy atom. The van der Waals surface area contributed by atoms with Crippen molar-refractivity contribution in [1.82, 2.24) is 4.57 Å². The van der Waals surface area contributed by atoms with E-state index < -0.39 is 23.0 Å². The third-order valence-electron chi connectivity index (χ3n) is 3.50. The van der Waals surface area contributed by atoms with Crippen molar-refractivity contribution in [3.63, 3.8) is 0 Å². The number of benzene rings is 2. The molecule has 116 valence electrons. The fourth-order valence-corrected chi connectivity index (χ4v) is 2.41. The molecule has 0 saturated heterocycles. The number of amides is 1. The van der Waals surface area contributed by atoms with Crippen LogP contribution >= 0.6 is 0 Å². The number of pyridine rings is 1. The van der Waals surface area contributed by atoms with Crippen LogP contribution in [0.15, 0.2) is 53.5 Å². The lowest BCUT2D eigenvalue weighted by atomic mass is 10.1. The standard InChI is InChI=1S/C17H12F2N2O2/c1-21-9-13(16(22)12-3-2-4-14(19)15(12)21)17(23)20-11-7-5-10(18)6-8-11/h2-9H,1H3,(H,20,23). The van der Waals surface area contributed by atoms with Crippen molar-refractivity contribution >= 4 is 22.5 Å². The summed E-state index contributed by atoms with van der Waals surface area (Å²) >= 11 is 0. The summed E-state index contributed by atoms with van der Waals surface area (Å²) in [7, 11) is 1.56. The monoisotopic (exact) mass is 314 g/mol. The number of fused-ring (bicyclic) bond motifs is 1. The van der Waals surface area contributed by atoms with E-state index in [0.29, 0.717) is 5.69 Å². The molecular weight excluding hydrogens is 302 g/mol. The Bertz CT molecular complexity index is 963. The third-order valence-corrected chi connectivity index (χ3v) is 3.50. The van der Waals surface area contributed by atoms with Gasteiger partial charge in [-0.1, -0.05) is 6.07 Å². The summed E-state index contributed by atoms with van der Waals surface area (Å²) in [5.74, 6) is -1.60. The van der Waals surface area contributed by atoms with Gasteiger partial charge in [-0.2, -0.15) is 0 Å². The number of para-hydroxylation sites is 1. The van der Waals surface area contributed by atoms with Gasteiger partial charge in [-0.3, -0.25) is 9.59 Å². The SMILES string of the molecule is Cn1cc(C(=O)Nc2ccc(F)cc2)c(=O)c2cccc(F)c21. The van der Waals surface area contributed by atoms with E-state index in [1.807, 2.05) is 0 Å². The summed E-state index contributed by atoms with van der Waals surface area (Å²) in [5, 5.41) is 2.64. The molecule has 1 aromatic heterocycles. The number of hydrogen-bond acceptors (Lipinski definition) is 2. The summed E-state index contributed by atoms with van der Waals surface area (Å²) in [6.45, 7) is 0. The Balaban J connectivity index is 2.06. The van der Waals surface area contributed by atoms with Gasteiger partial charge in [0, 0.05) is 24.3 Å². The molecule has 0 saturated carbocycles. The minimum Gasteiger partial charge on any atom is -0.347 e. The van der Waals surface area contributed by atoms with E-state index in [0.717, 1.165) is 0 Å². The molecule has 1 N–H and O–H groups in total. The van der Waals surface area contributed by atoms with E-state index in [1.54, 1.807) is 7.05 Å². The maximum atomic E-state index is 13.8. The number of carbonyl (C=O) groups is 1. The molecule has 6 heteroatoms. The van der Waals surface area contributed by atoms with Crippen molar-refractivity contribution in [3.05, 3.63) is 76.1 Å². The number of nitrogens with zero attached hydrogens (tertiary/aromatic N) is 1. The van der Waals surface area contributed by atoms with Crippen LogP contribution in [0, 0.1) is 11.6 Å². The van der Waals surface area contributed by atoms with Crippen LogP contribution in [-0.4, -0.2) is 10.5 Å². The zero-order valence-electron chi connectivity index (χ0n) is 12.1. The van der Waals surface area contributed by atoms with E-state index in [4.69, 9.17) is 0 Å². The molecular formula is C17H12F2N2O2. The average molecular weight is 314 g/mol. The fraction of sp³-hybridized carbons (Fsp3) is 0.0588. The predicted molar refractivity (Wildman–Crippen MR) is 83.5 cm³/mol. The number of halogens is 2. The number of nitrogens with one attached hydrogen (secondary N) is 1. The number of aromatic nitrogens is 1. The van der Waals surface area contributed by atoms with Crippen molar-refractivity contribution in [2.45, 2.75) is 0 Å². The Labute approximate surface area is 130 Å². The van der Waals surface area contributed by atoms with Crippen LogP contribution in [0.2, 0.25) is 0 Å². The normalized spacial score (nSPS) is 10.7. The summed E-state index contributed by atoms with van der Waals surface area (Å²) in [6.07, 6.45) is 1.28. The van der Waals surface area contributed by atoms with Crippen LogP contribution in [0.1, 0.15) is 10.4 Å². The maximum absolute atomic E-state index is 13.8. The molecule has 1 amide bonds. The lowest BCUT2D eigenvalue weighted by Crippen LogP contribution is -2.23. The highest BCUT2D eigenvalue weighted by atomic mass is 19.1. The van der Waals surface area contributed by atoms with Crippen molar-refractivity contribution in [1.29, 1.82) is 0 Å². The second kappa shape index (κ2) is 5.64. The third kappa shape index (κ3) is 2.70. The van der Waals surface area contributed by atoms with E-state index in [-0.39, 0.29) is 16.5 Å². The van der Waals surface area contributed by atoms with Crippen molar-refractivity contribution in [3.8, 4) is 0 Å². The second-order valence-corrected chi connectivity index (χ2v) is 5.08. The first-order valence-electron chi connectivity index (χ1n) is 6.82. The number of anilines is 1. The number of rotatable bonds is 2. The molecule has 0 fully saturated rings. The van der Waals surface area contributed by atoms with Crippen LogP contribution in [0.4, 0.5) is 14.5 Å². The Morgan fingerprint density at radius 2 is 1.78 bits per heavy atom. The number of aryl methyl sites for hydroxylation is 1. The van der Waals surface area contributed by atoms with Gasteiger partial charge >= 0.3 is 0 Å².